The SMILES string of the molecule is C/C=C/C1CCC(C(F)(F)OC2CCC(OC(F)(F)F)C(F)C2)C(F)C1. The van der Waals surface area contributed by atoms with Gasteiger partial charge in [0.1, 0.15) is 12.3 Å². The van der Waals surface area contributed by atoms with Crippen LogP contribution in [0.5, 0.6) is 0 Å². The van der Waals surface area contributed by atoms with Gasteiger partial charge < -0.3 is 4.74 Å². The fourth-order valence-electron chi connectivity index (χ4n) is 3.74. The molecule has 0 bridgehead atoms. The summed E-state index contributed by atoms with van der Waals surface area (Å²) in [6.07, 6.45) is -13.0. The van der Waals surface area contributed by atoms with E-state index in [0.717, 1.165) is 0 Å². The van der Waals surface area contributed by atoms with Crippen LogP contribution in [0.25, 0.3) is 0 Å². The van der Waals surface area contributed by atoms with Gasteiger partial charge in [0.2, 0.25) is 0 Å². The molecule has 0 N–H and O–H groups in total. The summed E-state index contributed by atoms with van der Waals surface area (Å²) in [6, 6.07) is 0. The Kier molecular flexibility index (Phi) is 6.98. The molecule has 0 heterocycles. The quantitative estimate of drug-likeness (QED) is 0.440. The molecule has 0 aliphatic heterocycles. The molecule has 0 aromatic rings. The number of alkyl halides is 7. The van der Waals surface area contributed by atoms with Crippen molar-refractivity contribution in [3.05, 3.63) is 12.2 Å². The molecule has 2 aliphatic carbocycles. The summed E-state index contributed by atoms with van der Waals surface area (Å²) in [7, 11) is 0. The van der Waals surface area contributed by atoms with E-state index in [1.165, 1.54) is 0 Å². The first-order valence-corrected chi connectivity index (χ1v) is 8.73. The topological polar surface area (TPSA) is 18.5 Å². The molecule has 0 spiro atoms. The third-order valence-electron chi connectivity index (χ3n) is 4.98. The maximum atomic E-state index is 14.3. The lowest BCUT2D eigenvalue weighted by atomic mass is 9.79. The normalized spacial score (nSPS) is 37.2. The Bertz CT molecular complexity index is 480. The number of halogens is 7. The summed E-state index contributed by atoms with van der Waals surface area (Å²) in [6.45, 7) is 1.77. The molecular formula is C17H23F7O2. The molecule has 0 saturated heterocycles. The van der Waals surface area contributed by atoms with Gasteiger partial charge in [0, 0.05) is 6.42 Å². The highest BCUT2D eigenvalue weighted by atomic mass is 19.4. The monoisotopic (exact) mass is 392 g/mol. The summed E-state index contributed by atoms with van der Waals surface area (Å²) in [5.74, 6) is -1.74. The summed E-state index contributed by atoms with van der Waals surface area (Å²) in [4.78, 5) is 0. The van der Waals surface area contributed by atoms with Crippen LogP contribution in [0.2, 0.25) is 0 Å². The number of ether oxygens (including phenoxy) is 2. The van der Waals surface area contributed by atoms with Gasteiger partial charge in [-0.3, -0.25) is 4.74 Å². The molecular weight excluding hydrogens is 369 g/mol. The zero-order valence-corrected chi connectivity index (χ0v) is 14.3. The summed E-state index contributed by atoms with van der Waals surface area (Å²) < 4.78 is 102. The van der Waals surface area contributed by atoms with Gasteiger partial charge in [-0.1, -0.05) is 12.2 Å². The van der Waals surface area contributed by atoms with E-state index in [9.17, 15) is 30.7 Å². The first-order valence-electron chi connectivity index (χ1n) is 8.73. The molecule has 26 heavy (non-hydrogen) atoms. The molecule has 0 aromatic carbocycles. The first-order chi connectivity index (χ1) is 12.0. The Morgan fingerprint density at radius 3 is 2.08 bits per heavy atom. The molecule has 2 fully saturated rings. The lowest BCUT2D eigenvalue weighted by molar-refractivity contribution is -0.358. The molecule has 0 radical (unpaired) electrons. The van der Waals surface area contributed by atoms with Gasteiger partial charge in [-0.25, -0.2) is 8.78 Å². The average Bonchev–Trinajstić information content (AvgIpc) is 2.48. The highest BCUT2D eigenvalue weighted by molar-refractivity contribution is 4.94. The van der Waals surface area contributed by atoms with E-state index >= 15 is 0 Å². The van der Waals surface area contributed by atoms with Gasteiger partial charge >= 0.3 is 12.5 Å². The lowest BCUT2D eigenvalue weighted by Gasteiger charge is -2.38. The molecule has 2 nitrogen and oxygen atoms in total. The van der Waals surface area contributed by atoms with Gasteiger partial charge in [-0.2, -0.15) is 8.78 Å². The number of allylic oxidation sites excluding steroid dienone is 2. The molecule has 152 valence electrons. The highest BCUT2D eigenvalue weighted by Crippen LogP contribution is 2.43. The van der Waals surface area contributed by atoms with E-state index in [-0.39, 0.29) is 25.2 Å². The highest BCUT2D eigenvalue weighted by Gasteiger charge is 2.51. The van der Waals surface area contributed by atoms with Crippen LogP contribution in [0.15, 0.2) is 12.2 Å². The minimum Gasteiger partial charge on any atom is -0.317 e. The van der Waals surface area contributed by atoms with Crippen molar-refractivity contribution in [2.45, 2.75) is 82.5 Å². The number of rotatable bonds is 5. The van der Waals surface area contributed by atoms with Gasteiger partial charge in [-0.15, -0.1) is 13.2 Å². The molecule has 6 unspecified atom stereocenters. The fourth-order valence-corrected chi connectivity index (χ4v) is 3.74. The van der Waals surface area contributed by atoms with Crippen molar-refractivity contribution < 1.29 is 40.2 Å². The Hall–Kier alpha value is -0.830. The molecule has 0 amide bonds. The second-order valence-corrected chi connectivity index (χ2v) is 6.95. The zero-order chi connectivity index (χ0) is 19.5. The smallest absolute Gasteiger partial charge is 0.317 e. The van der Waals surface area contributed by atoms with Crippen molar-refractivity contribution in [2.24, 2.45) is 11.8 Å². The molecule has 6 atom stereocenters. The molecule has 2 saturated carbocycles. The van der Waals surface area contributed by atoms with Crippen LogP contribution in [0.1, 0.15) is 45.4 Å². The van der Waals surface area contributed by atoms with Crippen molar-refractivity contribution in [1.82, 2.24) is 0 Å². The number of hydrogen-bond donors (Lipinski definition) is 0. The molecule has 2 aliphatic rings. The van der Waals surface area contributed by atoms with Crippen LogP contribution in [-0.2, 0) is 9.47 Å². The third kappa shape index (κ3) is 5.84. The maximum Gasteiger partial charge on any atom is 0.522 e. The average molecular weight is 392 g/mol. The van der Waals surface area contributed by atoms with Crippen LogP contribution in [-0.4, -0.2) is 37.0 Å². The first kappa shape index (κ1) is 21.5. The van der Waals surface area contributed by atoms with Crippen LogP contribution >= 0.6 is 0 Å². The van der Waals surface area contributed by atoms with Crippen molar-refractivity contribution in [1.29, 1.82) is 0 Å². The van der Waals surface area contributed by atoms with Crippen LogP contribution in [0, 0.1) is 11.8 Å². The second kappa shape index (κ2) is 8.46. The zero-order valence-electron chi connectivity index (χ0n) is 14.3. The minimum atomic E-state index is -4.99. The van der Waals surface area contributed by atoms with Crippen LogP contribution < -0.4 is 0 Å². The van der Waals surface area contributed by atoms with Crippen molar-refractivity contribution >= 4 is 0 Å². The van der Waals surface area contributed by atoms with Gasteiger partial charge in [0.05, 0.1) is 18.1 Å². The summed E-state index contributed by atoms with van der Waals surface area (Å²) >= 11 is 0. The van der Waals surface area contributed by atoms with Crippen LogP contribution in [0.4, 0.5) is 30.7 Å². The Labute approximate surface area is 147 Å². The Balaban J connectivity index is 1.89. The van der Waals surface area contributed by atoms with Gasteiger partial charge in [0.25, 0.3) is 0 Å². The van der Waals surface area contributed by atoms with Gasteiger partial charge in [-0.05, 0) is 44.9 Å². The molecule has 0 aromatic heterocycles. The second-order valence-electron chi connectivity index (χ2n) is 6.95. The fraction of sp³-hybridized carbons (Fsp3) is 0.882. The Morgan fingerprint density at radius 1 is 0.846 bits per heavy atom. The van der Waals surface area contributed by atoms with Crippen molar-refractivity contribution in [3.63, 3.8) is 0 Å². The van der Waals surface area contributed by atoms with E-state index in [1.54, 1.807) is 19.1 Å². The van der Waals surface area contributed by atoms with E-state index in [1.807, 2.05) is 0 Å². The van der Waals surface area contributed by atoms with Crippen molar-refractivity contribution in [2.75, 3.05) is 0 Å². The standard InChI is InChI=1S/C17H23F7O2/c1-2-3-10-4-6-12(13(18)8-10)16(20,21)25-11-5-7-15(14(19)9-11)26-17(22,23)24/h2-3,10-15H,4-9H2,1H3/b3-2+. The van der Waals surface area contributed by atoms with E-state index in [2.05, 4.69) is 9.47 Å². The molecule has 2 rings (SSSR count). The third-order valence-corrected chi connectivity index (χ3v) is 4.98. The van der Waals surface area contributed by atoms with E-state index < -0.39 is 55.8 Å². The minimum absolute atomic E-state index is 0.0359. The maximum absolute atomic E-state index is 14.3. The van der Waals surface area contributed by atoms with Crippen LogP contribution in [0.3, 0.4) is 0 Å². The van der Waals surface area contributed by atoms with E-state index in [4.69, 9.17) is 0 Å². The predicted octanol–water partition coefficient (Wildman–Crippen LogP) is 5.72. The number of hydrogen-bond acceptors (Lipinski definition) is 2. The molecule has 9 heteroatoms. The Morgan fingerprint density at radius 2 is 1.54 bits per heavy atom. The predicted molar refractivity (Wildman–Crippen MR) is 80.0 cm³/mol. The van der Waals surface area contributed by atoms with Crippen molar-refractivity contribution in [3.8, 4) is 0 Å². The van der Waals surface area contributed by atoms with E-state index in [0.29, 0.717) is 6.42 Å². The summed E-state index contributed by atoms with van der Waals surface area (Å²) in [5, 5.41) is 0. The summed E-state index contributed by atoms with van der Waals surface area (Å²) in [5.41, 5.74) is 0. The largest absolute Gasteiger partial charge is 0.522 e. The van der Waals surface area contributed by atoms with Gasteiger partial charge in [0.15, 0.2) is 0 Å². The lowest BCUT2D eigenvalue weighted by Crippen LogP contribution is -2.46.